The maximum atomic E-state index is 11.7. The molecule has 1 unspecified atom stereocenters. The van der Waals surface area contributed by atoms with Gasteiger partial charge >= 0.3 is 0 Å². The number of halogens is 1. The van der Waals surface area contributed by atoms with E-state index in [-0.39, 0.29) is 12.3 Å². The number of nitrogen functional groups attached to an aromatic ring is 1. The van der Waals surface area contributed by atoms with Crippen LogP contribution in [0.15, 0.2) is 18.2 Å². The molecule has 106 valence electrons. The highest BCUT2D eigenvalue weighted by molar-refractivity contribution is 7.85. The van der Waals surface area contributed by atoms with Crippen LogP contribution in [0.2, 0.25) is 5.02 Å². The third-order valence-electron chi connectivity index (χ3n) is 2.36. The van der Waals surface area contributed by atoms with Crippen LogP contribution < -0.4 is 11.1 Å². The molecule has 0 aliphatic rings. The quantitative estimate of drug-likeness (QED) is 0.794. The molecule has 1 aromatic rings. The van der Waals surface area contributed by atoms with Gasteiger partial charge in [0.1, 0.15) is 0 Å². The second-order valence-electron chi connectivity index (χ2n) is 4.74. The van der Waals surface area contributed by atoms with Crippen LogP contribution in [0.3, 0.4) is 0 Å². The van der Waals surface area contributed by atoms with Crippen molar-refractivity contribution in [1.82, 2.24) is 0 Å². The summed E-state index contributed by atoms with van der Waals surface area (Å²) < 4.78 is 11.6. The zero-order valence-electron chi connectivity index (χ0n) is 11.1. The van der Waals surface area contributed by atoms with E-state index in [9.17, 15) is 9.00 Å². The first-order valence-corrected chi connectivity index (χ1v) is 7.95. The Morgan fingerprint density at radius 2 is 2.16 bits per heavy atom. The van der Waals surface area contributed by atoms with Crippen molar-refractivity contribution in [2.75, 3.05) is 22.6 Å². The lowest BCUT2D eigenvalue weighted by Gasteiger charge is -2.07. The number of nitrogens with two attached hydrogens (primary N) is 1. The number of hydrogen-bond acceptors (Lipinski definition) is 3. The maximum Gasteiger partial charge on any atom is 0.225 e. The molecule has 0 heterocycles. The predicted molar refractivity (Wildman–Crippen MR) is 81.8 cm³/mol. The number of benzene rings is 1. The summed E-state index contributed by atoms with van der Waals surface area (Å²) in [6.45, 7) is 4.02. The highest BCUT2D eigenvalue weighted by Gasteiger charge is 2.08. The molecule has 0 aliphatic carbocycles. The van der Waals surface area contributed by atoms with E-state index in [4.69, 9.17) is 17.3 Å². The summed E-state index contributed by atoms with van der Waals surface area (Å²) in [5.41, 5.74) is 6.66. The van der Waals surface area contributed by atoms with Crippen molar-refractivity contribution in [2.24, 2.45) is 5.92 Å². The van der Waals surface area contributed by atoms with E-state index in [1.165, 1.54) is 0 Å². The Morgan fingerprint density at radius 1 is 1.47 bits per heavy atom. The van der Waals surface area contributed by atoms with E-state index >= 15 is 0 Å². The largest absolute Gasteiger partial charge is 0.397 e. The molecule has 0 radical (unpaired) electrons. The van der Waals surface area contributed by atoms with Crippen molar-refractivity contribution >= 4 is 39.7 Å². The van der Waals surface area contributed by atoms with Crippen molar-refractivity contribution in [1.29, 1.82) is 0 Å². The van der Waals surface area contributed by atoms with Crippen LogP contribution in [0.5, 0.6) is 0 Å². The molecule has 6 heteroatoms. The SMILES string of the molecule is CC(C)CS(=O)CCC(=O)Nc1ccc(Cl)c(N)c1. The van der Waals surface area contributed by atoms with E-state index in [0.29, 0.717) is 33.8 Å². The van der Waals surface area contributed by atoms with Gasteiger partial charge in [-0.05, 0) is 24.1 Å². The van der Waals surface area contributed by atoms with E-state index in [1.54, 1.807) is 18.2 Å². The van der Waals surface area contributed by atoms with Crippen LogP contribution in [0, 0.1) is 5.92 Å². The number of nitrogens with one attached hydrogen (secondary N) is 1. The molecule has 0 saturated heterocycles. The lowest BCUT2D eigenvalue weighted by molar-refractivity contribution is -0.115. The van der Waals surface area contributed by atoms with Crippen molar-refractivity contribution in [2.45, 2.75) is 20.3 Å². The molecule has 3 N–H and O–H groups in total. The predicted octanol–water partition coefficient (Wildman–Crippen LogP) is 2.66. The van der Waals surface area contributed by atoms with Gasteiger partial charge in [-0.3, -0.25) is 9.00 Å². The molecule has 4 nitrogen and oxygen atoms in total. The molecule has 0 fully saturated rings. The fourth-order valence-electron chi connectivity index (χ4n) is 1.51. The first kappa shape index (κ1) is 16.0. The molecule has 0 aromatic heterocycles. The summed E-state index contributed by atoms with van der Waals surface area (Å²) in [5.74, 6) is 1.22. The zero-order chi connectivity index (χ0) is 14.4. The Labute approximate surface area is 121 Å². The van der Waals surface area contributed by atoms with Crippen LogP contribution in [0.1, 0.15) is 20.3 Å². The summed E-state index contributed by atoms with van der Waals surface area (Å²) in [4.78, 5) is 11.7. The Morgan fingerprint density at radius 3 is 2.74 bits per heavy atom. The molecule has 19 heavy (non-hydrogen) atoms. The topological polar surface area (TPSA) is 72.2 Å². The van der Waals surface area contributed by atoms with Crippen LogP contribution in [0.25, 0.3) is 0 Å². The molecule has 0 bridgehead atoms. The van der Waals surface area contributed by atoms with Gasteiger partial charge in [0.15, 0.2) is 0 Å². The van der Waals surface area contributed by atoms with Crippen LogP contribution in [0.4, 0.5) is 11.4 Å². The molecule has 0 saturated carbocycles. The van der Waals surface area contributed by atoms with Gasteiger partial charge in [0.2, 0.25) is 5.91 Å². The van der Waals surface area contributed by atoms with Crippen LogP contribution >= 0.6 is 11.6 Å². The number of rotatable bonds is 6. The molecule has 1 rings (SSSR count). The Balaban J connectivity index is 2.43. The van der Waals surface area contributed by atoms with E-state index < -0.39 is 10.8 Å². The summed E-state index contributed by atoms with van der Waals surface area (Å²) in [7, 11) is -0.943. The van der Waals surface area contributed by atoms with Gasteiger partial charge in [0.05, 0.1) is 10.7 Å². The Bertz CT molecular complexity index is 478. The maximum absolute atomic E-state index is 11.7. The van der Waals surface area contributed by atoms with Gasteiger partial charge in [-0.15, -0.1) is 0 Å². The monoisotopic (exact) mass is 302 g/mol. The standard InChI is InChI=1S/C13H19ClN2O2S/c1-9(2)8-19(18)6-5-13(17)16-10-3-4-11(14)12(15)7-10/h3-4,7,9H,5-6,8,15H2,1-2H3,(H,16,17). The van der Waals surface area contributed by atoms with Gasteiger partial charge in [-0.2, -0.15) is 0 Å². The lowest BCUT2D eigenvalue weighted by Crippen LogP contribution is -2.17. The first-order chi connectivity index (χ1) is 8.88. The number of hydrogen-bond donors (Lipinski definition) is 2. The van der Waals surface area contributed by atoms with Crippen molar-refractivity contribution in [3.63, 3.8) is 0 Å². The van der Waals surface area contributed by atoms with E-state index in [1.807, 2.05) is 13.8 Å². The summed E-state index contributed by atoms with van der Waals surface area (Å²) in [6, 6.07) is 4.91. The third-order valence-corrected chi connectivity index (χ3v) is 4.40. The Kier molecular flexibility index (Phi) is 6.31. The number of amides is 1. The van der Waals surface area contributed by atoms with Crippen LogP contribution in [-0.4, -0.2) is 21.6 Å². The first-order valence-electron chi connectivity index (χ1n) is 6.08. The molecule has 0 aliphatic heterocycles. The fraction of sp³-hybridized carbons (Fsp3) is 0.462. The molecule has 1 atom stereocenters. The minimum atomic E-state index is -0.943. The molecular weight excluding hydrogens is 284 g/mol. The fourth-order valence-corrected chi connectivity index (χ4v) is 2.95. The van der Waals surface area contributed by atoms with Crippen molar-refractivity contribution in [3.8, 4) is 0 Å². The summed E-state index contributed by atoms with van der Waals surface area (Å²) in [6.07, 6.45) is 0.238. The smallest absolute Gasteiger partial charge is 0.225 e. The Hall–Kier alpha value is -1.07. The van der Waals surface area contributed by atoms with Crippen LogP contribution in [-0.2, 0) is 15.6 Å². The number of carbonyl (C=O) groups excluding carboxylic acids is 1. The minimum absolute atomic E-state index is 0.168. The van der Waals surface area contributed by atoms with Gasteiger partial charge in [0, 0.05) is 34.4 Å². The second kappa shape index (κ2) is 7.50. The van der Waals surface area contributed by atoms with Crippen molar-refractivity contribution < 1.29 is 9.00 Å². The molecule has 1 amide bonds. The third kappa shape index (κ3) is 6.07. The highest BCUT2D eigenvalue weighted by Crippen LogP contribution is 2.22. The summed E-state index contributed by atoms with van der Waals surface area (Å²) in [5, 5.41) is 3.16. The normalized spacial score (nSPS) is 12.4. The second-order valence-corrected chi connectivity index (χ2v) is 6.77. The molecule has 0 spiro atoms. The van der Waals surface area contributed by atoms with Crippen molar-refractivity contribution in [3.05, 3.63) is 23.2 Å². The molecular formula is C13H19ClN2O2S. The molecule has 1 aromatic carbocycles. The van der Waals surface area contributed by atoms with Gasteiger partial charge in [-0.25, -0.2) is 0 Å². The number of carbonyl (C=O) groups is 1. The minimum Gasteiger partial charge on any atom is -0.397 e. The van der Waals surface area contributed by atoms with E-state index in [2.05, 4.69) is 5.32 Å². The highest BCUT2D eigenvalue weighted by atomic mass is 35.5. The average molecular weight is 303 g/mol. The summed E-state index contributed by atoms with van der Waals surface area (Å²) >= 11 is 5.79. The van der Waals surface area contributed by atoms with Gasteiger partial charge in [0.25, 0.3) is 0 Å². The zero-order valence-corrected chi connectivity index (χ0v) is 12.7. The van der Waals surface area contributed by atoms with Gasteiger partial charge < -0.3 is 11.1 Å². The lowest BCUT2D eigenvalue weighted by atomic mass is 10.2. The van der Waals surface area contributed by atoms with Gasteiger partial charge in [-0.1, -0.05) is 25.4 Å². The number of anilines is 2. The van der Waals surface area contributed by atoms with E-state index in [0.717, 1.165) is 0 Å². The average Bonchev–Trinajstić information content (AvgIpc) is 2.30.